The predicted molar refractivity (Wildman–Crippen MR) is 123 cm³/mol. The van der Waals surface area contributed by atoms with Gasteiger partial charge in [-0.1, -0.05) is 43.3 Å². The first-order valence-electron chi connectivity index (χ1n) is 11.4. The van der Waals surface area contributed by atoms with E-state index in [1.54, 1.807) is 11.8 Å². The quantitative estimate of drug-likeness (QED) is 0.257. The first kappa shape index (κ1) is 23.0. The van der Waals surface area contributed by atoms with Crippen LogP contribution in [0.2, 0.25) is 0 Å². The second kappa shape index (κ2) is 9.73. The van der Waals surface area contributed by atoms with Crippen LogP contribution in [0.1, 0.15) is 59.4 Å². The Bertz CT molecular complexity index is 1020. The maximum atomic E-state index is 9.02. The number of hydrogen-bond donors (Lipinski definition) is 1. The van der Waals surface area contributed by atoms with Gasteiger partial charge in [-0.2, -0.15) is 5.26 Å². The fourth-order valence-corrected chi connectivity index (χ4v) is 5.08. The number of unbranched alkanes of at least 4 members (excludes halogenated alkanes) is 1. The van der Waals surface area contributed by atoms with Crippen molar-refractivity contribution in [2.24, 2.45) is 5.92 Å². The summed E-state index contributed by atoms with van der Waals surface area (Å²) in [5, 5.41) is 22.1. The van der Waals surface area contributed by atoms with Crippen LogP contribution >= 0.6 is 11.8 Å². The van der Waals surface area contributed by atoms with Gasteiger partial charge in [0.05, 0.1) is 18.2 Å². The molecule has 1 aliphatic heterocycles. The highest BCUT2D eigenvalue weighted by atomic mass is 32.2. The first-order chi connectivity index (χ1) is 15.5. The minimum Gasteiger partial charge on any atom is -0.368 e. The summed E-state index contributed by atoms with van der Waals surface area (Å²) in [5.41, 5.74) is 1.38. The van der Waals surface area contributed by atoms with Gasteiger partial charge in [0, 0.05) is 24.3 Å². The van der Waals surface area contributed by atoms with Crippen LogP contribution in [-0.4, -0.2) is 55.3 Å². The number of nitrogens with zero attached hydrogens (tertiary/aromatic N) is 6. The van der Waals surface area contributed by atoms with E-state index in [0.29, 0.717) is 11.2 Å². The molecule has 1 N–H and O–H groups in total. The molecule has 0 spiro atoms. The summed E-state index contributed by atoms with van der Waals surface area (Å²) < 4.78 is 14.4. The Hall–Kier alpha value is -2.22. The van der Waals surface area contributed by atoms with Crippen molar-refractivity contribution >= 4 is 28.7 Å². The molecule has 1 saturated carbocycles. The van der Waals surface area contributed by atoms with Gasteiger partial charge >= 0.3 is 0 Å². The normalized spacial score (nSPS) is 26.6. The molecule has 3 heterocycles. The van der Waals surface area contributed by atoms with Gasteiger partial charge in [-0.05, 0) is 33.1 Å². The van der Waals surface area contributed by atoms with Gasteiger partial charge in [0.25, 0.3) is 0 Å². The van der Waals surface area contributed by atoms with Gasteiger partial charge < -0.3 is 14.8 Å². The number of anilines is 1. The number of hydrogen-bond acceptors (Lipinski definition) is 9. The molecule has 2 fully saturated rings. The Labute approximate surface area is 193 Å². The number of nitrogens with one attached hydrogen (secondary N) is 1. The summed E-state index contributed by atoms with van der Waals surface area (Å²) in [5.74, 6) is 1.05. The Morgan fingerprint density at radius 1 is 1.25 bits per heavy atom. The van der Waals surface area contributed by atoms with Crippen LogP contribution in [-0.2, 0) is 9.47 Å². The predicted octanol–water partition coefficient (Wildman–Crippen LogP) is 4.10. The number of fused-ring (bicyclic) bond motifs is 2. The van der Waals surface area contributed by atoms with Crippen LogP contribution in [0.5, 0.6) is 0 Å². The molecule has 10 heteroatoms. The van der Waals surface area contributed by atoms with E-state index in [4.69, 9.17) is 24.7 Å². The van der Waals surface area contributed by atoms with E-state index < -0.39 is 5.79 Å². The Morgan fingerprint density at radius 2 is 2.06 bits per heavy atom. The summed E-state index contributed by atoms with van der Waals surface area (Å²) in [7, 11) is 0. The van der Waals surface area contributed by atoms with Gasteiger partial charge in [-0.15, -0.1) is 5.10 Å². The van der Waals surface area contributed by atoms with Crippen LogP contribution in [0, 0.1) is 17.2 Å². The summed E-state index contributed by atoms with van der Waals surface area (Å²) in [6, 6.07) is 2.00. The van der Waals surface area contributed by atoms with Crippen molar-refractivity contribution in [2.45, 2.75) is 82.6 Å². The van der Waals surface area contributed by atoms with Gasteiger partial charge in [0.2, 0.25) is 0 Å². The van der Waals surface area contributed by atoms with E-state index in [2.05, 4.69) is 35.5 Å². The van der Waals surface area contributed by atoms with Crippen molar-refractivity contribution in [2.75, 3.05) is 17.6 Å². The smallest absolute Gasteiger partial charge is 0.191 e. The number of aromatic nitrogens is 5. The molecule has 0 amide bonds. The molecular weight excluding hydrogens is 426 g/mol. The molecule has 1 aliphatic carbocycles. The molecule has 4 unspecified atom stereocenters. The highest BCUT2D eigenvalue weighted by Gasteiger charge is 2.54. The van der Waals surface area contributed by atoms with Crippen molar-refractivity contribution in [3.63, 3.8) is 0 Å². The molecule has 172 valence electrons. The van der Waals surface area contributed by atoms with Crippen molar-refractivity contribution in [1.82, 2.24) is 25.0 Å². The van der Waals surface area contributed by atoms with Crippen LogP contribution in [0.3, 0.4) is 0 Å². The summed E-state index contributed by atoms with van der Waals surface area (Å²) in [6.07, 6.45) is 7.03. The molecule has 2 aromatic rings. The van der Waals surface area contributed by atoms with Crippen molar-refractivity contribution in [1.29, 1.82) is 5.26 Å². The number of thioether (sulfide) groups is 1. The number of ether oxygens (including phenoxy) is 2. The topological polar surface area (TPSA) is 111 Å². The van der Waals surface area contributed by atoms with Gasteiger partial charge in [-0.25, -0.2) is 14.6 Å². The van der Waals surface area contributed by atoms with Gasteiger partial charge in [-0.3, -0.25) is 0 Å². The summed E-state index contributed by atoms with van der Waals surface area (Å²) in [4.78, 5) is 9.54. The maximum absolute atomic E-state index is 9.02. The maximum Gasteiger partial charge on any atom is 0.191 e. The number of rotatable bonds is 9. The number of nitriles is 1. The Balaban J connectivity index is 1.72. The van der Waals surface area contributed by atoms with E-state index in [9.17, 15) is 0 Å². The third kappa shape index (κ3) is 4.60. The molecule has 2 aromatic heterocycles. The molecule has 4 rings (SSSR count). The van der Waals surface area contributed by atoms with Crippen LogP contribution in [0.25, 0.3) is 11.2 Å². The standard InChI is InChI=1S/C22H31N7O2S/c1-5-7-11-24-19-16-20(26-21(25-19)32-12-6-2)29(28-27-16)15-13-14(9-8-10-23)17-18(15)31-22(3,4)30-17/h8-9,14-15,17-18H,5-7,11-13H2,1-4H3,(H,24,25,26). The fourth-order valence-electron chi connectivity index (χ4n) is 4.38. The summed E-state index contributed by atoms with van der Waals surface area (Å²) >= 11 is 1.64. The average molecular weight is 458 g/mol. The van der Waals surface area contributed by atoms with Gasteiger partial charge in [0.1, 0.15) is 6.10 Å². The number of allylic oxidation sites excluding steroid dienone is 1. The van der Waals surface area contributed by atoms with E-state index in [1.807, 2.05) is 24.6 Å². The molecule has 32 heavy (non-hydrogen) atoms. The lowest BCUT2D eigenvalue weighted by molar-refractivity contribution is -0.158. The highest BCUT2D eigenvalue weighted by molar-refractivity contribution is 7.99. The molecule has 4 atom stereocenters. The molecule has 0 bridgehead atoms. The van der Waals surface area contributed by atoms with Crippen LogP contribution in [0.4, 0.5) is 5.82 Å². The van der Waals surface area contributed by atoms with E-state index in [0.717, 1.165) is 49.0 Å². The van der Waals surface area contributed by atoms with E-state index >= 15 is 0 Å². The lowest BCUT2D eigenvalue weighted by atomic mass is 10.1. The molecular formula is C22H31N7O2S. The highest BCUT2D eigenvalue weighted by Crippen LogP contribution is 2.47. The van der Waals surface area contributed by atoms with Crippen LogP contribution < -0.4 is 5.32 Å². The second-order valence-electron chi connectivity index (χ2n) is 8.71. The van der Waals surface area contributed by atoms with Crippen molar-refractivity contribution in [3.8, 4) is 6.07 Å². The van der Waals surface area contributed by atoms with Gasteiger partial charge in [0.15, 0.2) is 27.9 Å². The average Bonchev–Trinajstić information content (AvgIpc) is 3.41. The lowest BCUT2D eigenvalue weighted by Crippen LogP contribution is -2.28. The zero-order valence-corrected chi connectivity index (χ0v) is 19.9. The van der Waals surface area contributed by atoms with Crippen molar-refractivity contribution < 1.29 is 9.47 Å². The third-order valence-corrected chi connectivity index (χ3v) is 6.82. The lowest BCUT2D eigenvalue weighted by Gasteiger charge is -2.22. The van der Waals surface area contributed by atoms with E-state index in [-0.39, 0.29) is 24.2 Å². The molecule has 9 nitrogen and oxygen atoms in total. The Morgan fingerprint density at radius 3 is 2.81 bits per heavy atom. The van der Waals surface area contributed by atoms with Crippen molar-refractivity contribution in [3.05, 3.63) is 12.2 Å². The molecule has 1 saturated heterocycles. The minimum absolute atomic E-state index is 0.0589. The van der Waals surface area contributed by atoms with Crippen LogP contribution in [0.15, 0.2) is 17.3 Å². The third-order valence-electron chi connectivity index (χ3n) is 5.77. The molecule has 0 radical (unpaired) electrons. The minimum atomic E-state index is -0.687. The first-order valence-corrected chi connectivity index (χ1v) is 12.4. The summed E-state index contributed by atoms with van der Waals surface area (Å²) in [6.45, 7) is 8.97. The fraction of sp³-hybridized carbons (Fsp3) is 0.682. The Kier molecular flexibility index (Phi) is 6.98. The zero-order valence-electron chi connectivity index (χ0n) is 19.1. The van der Waals surface area contributed by atoms with E-state index in [1.165, 1.54) is 6.08 Å². The molecule has 0 aromatic carbocycles. The largest absolute Gasteiger partial charge is 0.368 e. The monoisotopic (exact) mass is 457 g/mol. The SMILES string of the molecule is CCCCNc1nc(SCCC)nc2c1nnn2C1CC(C=CC#N)C2OC(C)(C)OC21. The second-order valence-corrected chi connectivity index (χ2v) is 9.77. The molecule has 2 aliphatic rings. The zero-order chi connectivity index (χ0) is 22.7.